The van der Waals surface area contributed by atoms with Crippen LogP contribution in [0.5, 0.6) is 0 Å². The highest BCUT2D eigenvalue weighted by Gasteiger charge is 2.14. The van der Waals surface area contributed by atoms with Gasteiger partial charge in [0.05, 0.1) is 0 Å². The topological polar surface area (TPSA) is 63.6 Å². The predicted molar refractivity (Wildman–Crippen MR) is 51.9 cm³/mol. The Morgan fingerprint density at radius 3 is 2.36 bits per heavy atom. The Morgan fingerprint density at radius 2 is 1.93 bits per heavy atom. The van der Waals surface area contributed by atoms with E-state index < -0.39 is 11.6 Å². The molecule has 0 atom stereocenters. The highest BCUT2D eigenvalue weighted by Crippen LogP contribution is 2.09. The summed E-state index contributed by atoms with van der Waals surface area (Å²) in [5, 5.41) is 8.26. The van der Waals surface area contributed by atoms with Crippen LogP contribution in [-0.2, 0) is 14.3 Å². The van der Waals surface area contributed by atoms with Gasteiger partial charge in [-0.05, 0) is 27.2 Å². The Balaban J connectivity index is 3.71. The average molecular weight is 200 g/mol. The second kappa shape index (κ2) is 5.42. The van der Waals surface area contributed by atoms with Crippen LogP contribution in [0.25, 0.3) is 0 Å². The summed E-state index contributed by atoms with van der Waals surface area (Å²) >= 11 is 0. The molecular formula is C10H16O4. The molecule has 0 aliphatic carbocycles. The molecule has 0 saturated carbocycles. The van der Waals surface area contributed by atoms with Crippen LogP contribution in [0, 0.1) is 0 Å². The number of carbonyl (C=O) groups is 2. The molecule has 0 aliphatic heterocycles. The van der Waals surface area contributed by atoms with Crippen molar-refractivity contribution in [2.45, 2.75) is 39.2 Å². The van der Waals surface area contributed by atoms with Gasteiger partial charge < -0.3 is 9.84 Å². The molecule has 0 radical (unpaired) electrons. The summed E-state index contributed by atoms with van der Waals surface area (Å²) in [4.78, 5) is 21.2. The van der Waals surface area contributed by atoms with Crippen molar-refractivity contribution in [3.8, 4) is 0 Å². The summed E-state index contributed by atoms with van der Waals surface area (Å²) in [6.45, 7) is 5.37. The highest BCUT2D eigenvalue weighted by molar-refractivity contribution is 5.79. The number of carbonyl (C=O) groups excluding carboxylic acids is 1. The molecule has 0 heterocycles. The van der Waals surface area contributed by atoms with Crippen LogP contribution in [-0.4, -0.2) is 22.6 Å². The van der Waals surface area contributed by atoms with Gasteiger partial charge in [-0.2, -0.15) is 0 Å². The standard InChI is InChI=1S/C10H16O4/c1-10(2,3)14-9(13)7-5-4-6-8(11)12/h4,6H,5,7H2,1-3H3,(H,11,12). The molecule has 80 valence electrons. The van der Waals surface area contributed by atoms with E-state index in [2.05, 4.69) is 0 Å². The monoisotopic (exact) mass is 200 g/mol. The van der Waals surface area contributed by atoms with Crippen molar-refractivity contribution < 1.29 is 19.4 Å². The number of carboxylic acids is 1. The average Bonchev–Trinajstić information content (AvgIpc) is 1.94. The fraction of sp³-hybridized carbons (Fsp3) is 0.600. The van der Waals surface area contributed by atoms with Crippen LogP contribution < -0.4 is 0 Å². The summed E-state index contributed by atoms with van der Waals surface area (Å²) < 4.78 is 5.02. The van der Waals surface area contributed by atoms with Gasteiger partial charge in [0, 0.05) is 12.5 Å². The minimum Gasteiger partial charge on any atom is -0.478 e. The van der Waals surface area contributed by atoms with Crippen molar-refractivity contribution in [2.24, 2.45) is 0 Å². The molecule has 0 aromatic carbocycles. The first kappa shape index (κ1) is 12.7. The second-order valence-corrected chi connectivity index (χ2v) is 3.87. The van der Waals surface area contributed by atoms with Crippen LogP contribution in [0.4, 0.5) is 0 Å². The molecule has 1 N–H and O–H groups in total. The molecule has 0 bridgehead atoms. The Labute approximate surface area is 83.6 Å². The van der Waals surface area contributed by atoms with Gasteiger partial charge in [-0.1, -0.05) is 6.08 Å². The quantitative estimate of drug-likeness (QED) is 0.554. The van der Waals surface area contributed by atoms with E-state index in [4.69, 9.17) is 9.84 Å². The summed E-state index contributed by atoms with van der Waals surface area (Å²) in [5.41, 5.74) is -0.479. The van der Waals surface area contributed by atoms with Crippen LogP contribution >= 0.6 is 0 Å². The first-order valence-corrected chi connectivity index (χ1v) is 4.42. The third-order valence-corrected chi connectivity index (χ3v) is 1.20. The molecule has 4 heteroatoms. The van der Waals surface area contributed by atoms with E-state index in [1.54, 1.807) is 20.8 Å². The number of hydrogen-bond acceptors (Lipinski definition) is 3. The largest absolute Gasteiger partial charge is 0.478 e. The van der Waals surface area contributed by atoms with E-state index in [1.807, 2.05) is 0 Å². The third kappa shape index (κ3) is 8.77. The van der Waals surface area contributed by atoms with Gasteiger partial charge >= 0.3 is 11.9 Å². The van der Waals surface area contributed by atoms with Crippen molar-refractivity contribution >= 4 is 11.9 Å². The van der Waals surface area contributed by atoms with Gasteiger partial charge in [0.25, 0.3) is 0 Å². The van der Waals surface area contributed by atoms with E-state index in [1.165, 1.54) is 6.08 Å². The van der Waals surface area contributed by atoms with Crippen molar-refractivity contribution in [3.05, 3.63) is 12.2 Å². The predicted octanol–water partition coefficient (Wildman–Crippen LogP) is 1.75. The van der Waals surface area contributed by atoms with Gasteiger partial charge in [-0.25, -0.2) is 4.79 Å². The van der Waals surface area contributed by atoms with Crippen LogP contribution in [0.15, 0.2) is 12.2 Å². The Morgan fingerprint density at radius 1 is 1.36 bits per heavy atom. The lowest BCUT2D eigenvalue weighted by Crippen LogP contribution is -2.23. The molecule has 0 aliphatic rings. The van der Waals surface area contributed by atoms with Gasteiger partial charge in [0.1, 0.15) is 5.60 Å². The van der Waals surface area contributed by atoms with Crippen LogP contribution in [0.2, 0.25) is 0 Å². The number of esters is 1. The molecule has 0 aromatic rings. The number of aliphatic carboxylic acids is 1. The van der Waals surface area contributed by atoms with E-state index in [-0.39, 0.29) is 12.4 Å². The van der Waals surface area contributed by atoms with E-state index in [0.717, 1.165) is 6.08 Å². The number of hydrogen-bond donors (Lipinski definition) is 1. The maximum atomic E-state index is 11.1. The molecule has 14 heavy (non-hydrogen) atoms. The number of carboxylic acid groups (broad SMARTS) is 1. The minimum absolute atomic E-state index is 0.209. The Bertz CT molecular complexity index is 235. The number of rotatable bonds is 4. The molecule has 0 fully saturated rings. The number of allylic oxidation sites excluding steroid dienone is 1. The lowest BCUT2D eigenvalue weighted by Gasteiger charge is -2.19. The molecule has 0 unspecified atom stereocenters. The Hall–Kier alpha value is -1.32. The van der Waals surface area contributed by atoms with Crippen molar-refractivity contribution in [1.29, 1.82) is 0 Å². The van der Waals surface area contributed by atoms with Crippen LogP contribution in [0.3, 0.4) is 0 Å². The fourth-order valence-corrected chi connectivity index (χ4v) is 0.778. The first-order valence-electron chi connectivity index (χ1n) is 4.42. The number of ether oxygens (including phenoxy) is 1. The summed E-state index contributed by atoms with van der Waals surface area (Å²) in [7, 11) is 0. The lowest BCUT2D eigenvalue weighted by molar-refractivity contribution is -0.154. The summed E-state index contributed by atoms with van der Waals surface area (Å²) in [5.74, 6) is -1.32. The van der Waals surface area contributed by atoms with E-state index in [0.29, 0.717) is 6.42 Å². The smallest absolute Gasteiger partial charge is 0.327 e. The molecule has 0 rings (SSSR count). The lowest BCUT2D eigenvalue weighted by atomic mass is 10.2. The fourth-order valence-electron chi connectivity index (χ4n) is 0.778. The maximum absolute atomic E-state index is 11.1. The van der Waals surface area contributed by atoms with Crippen molar-refractivity contribution in [3.63, 3.8) is 0 Å². The van der Waals surface area contributed by atoms with Gasteiger partial charge in [0.2, 0.25) is 0 Å². The maximum Gasteiger partial charge on any atom is 0.327 e. The zero-order chi connectivity index (χ0) is 11.2. The molecule has 0 aromatic heterocycles. The van der Waals surface area contributed by atoms with Crippen LogP contribution in [0.1, 0.15) is 33.6 Å². The van der Waals surface area contributed by atoms with Gasteiger partial charge in [-0.15, -0.1) is 0 Å². The zero-order valence-electron chi connectivity index (χ0n) is 8.74. The zero-order valence-corrected chi connectivity index (χ0v) is 8.74. The normalized spacial score (nSPS) is 11.6. The molecule has 4 nitrogen and oxygen atoms in total. The second-order valence-electron chi connectivity index (χ2n) is 3.87. The van der Waals surface area contributed by atoms with E-state index in [9.17, 15) is 9.59 Å². The Kier molecular flexibility index (Phi) is 4.91. The molecule has 0 saturated heterocycles. The molecular weight excluding hydrogens is 184 g/mol. The molecule has 0 spiro atoms. The first-order chi connectivity index (χ1) is 6.31. The summed E-state index contributed by atoms with van der Waals surface area (Å²) in [6.07, 6.45) is 3.05. The van der Waals surface area contributed by atoms with Crippen molar-refractivity contribution in [1.82, 2.24) is 0 Å². The van der Waals surface area contributed by atoms with E-state index >= 15 is 0 Å². The van der Waals surface area contributed by atoms with Gasteiger partial charge in [-0.3, -0.25) is 4.79 Å². The SMILES string of the molecule is CC(C)(C)OC(=O)CCC=CC(=O)O. The van der Waals surface area contributed by atoms with Gasteiger partial charge in [0.15, 0.2) is 0 Å². The third-order valence-electron chi connectivity index (χ3n) is 1.20. The van der Waals surface area contributed by atoms with Crippen molar-refractivity contribution in [2.75, 3.05) is 0 Å². The minimum atomic E-state index is -1.01. The highest BCUT2D eigenvalue weighted by atomic mass is 16.6. The molecule has 0 amide bonds. The summed E-state index contributed by atoms with van der Waals surface area (Å²) in [6, 6.07) is 0.